The number of halogens is 1. The van der Waals surface area contributed by atoms with Gasteiger partial charge in [-0.1, -0.05) is 29.4 Å². The van der Waals surface area contributed by atoms with Crippen LogP contribution >= 0.6 is 0 Å². The van der Waals surface area contributed by atoms with Crippen molar-refractivity contribution < 1.29 is 13.9 Å². The first-order valence-corrected chi connectivity index (χ1v) is 8.22. The van der Waals surface area contributed by atoms with Gasteiger partial charge in [0.05, 0.1) is 26.3 Å². The monoisotopic (exact) mass is 355 g/mol. The second-order valence-electron chi connectivity index (χ2n) is 6.03. The Kier molecular flexibility index (Phi) is 4.16. The van der Waals surface area contributed by atoms with Crippen LogP contribution in [0.25, 0.3) is 0 Å². The molecule has 4 rings (SSSR count). The zero-order valence-electron chi connectivity index (χ0n) is 14.4. The Bertz CT molecular complexity index is 929. The Balaban J connectivity index is 1.73. The number of aromatic nitrogens is 4. The molecule has 2 aromatic carbocycles. The number of anilines is 1. The van der Waals surface area contributed by atoms with Gasteiger partial charge in [-0.3, -0.25) is 0 Å². The van der Waals surface area contributed by atoms with Crippen LogP contribution in [0.2, 0.25) is 0 Å². The fourth-order valence-electron chi connectivity index (χ4n) is 3.33. The summed E-state index contributed by atoms with van der Waals surface area (Å²) in [6.07, 6.45) is 0.592. The second kappa shape index (κ2) is 6.62. The number of hydrogen-bond acceptors (Lipinski definition) is 6. The van der Waals surface area contributed by atoms with Gasteiger partial charge in [-0.25, -0.2) is 9.07 Å². The minimum atomic E-state index is -0.305. The Morgan fingerprint density at radius 3 is 2.69 bits per heavy atom. The molecule has 0 fully saturated rings. The van der Waals surface area contributed by atoms with Crippen molar-refractivity contribution in [2.24, 2.45) is 0 Å². The Morgan fingerprint density at radius 2 is 1.92 bits per heavy atom. The van der Waals surface area contributed by atoms with E-state index in [-0.39, 0.29) is 17.9 Å². The molecule has 0 amide bonds. The lowest BCUT2D eigenvalue weighted by molar-refractivity contribution is 0.353. The van der Waals surface area contributed by atoms with Crippen LogP contribution in [0.5, 0.6) is 11.5 Å². The summed E-state index contributed by atoms with van der Waals surface area (Å²) in [7, 11) is 3.19. The molecular formula is C18H18FN5O2. The third kappa shape index (κ3) is 2.73. The SMILES string of the molecule is COc1ccc([C@@H]2C[C@@H](c3ccccc3F)n3nnnc3N2)cc1OC. The fourth-order valence-corrected chi connectivity index (χ4v) is 3.33. The summed E-state index contributed by atoms with van der Waals surface area (Å²) >= 11 is 0. The minimum Gasteiger partial charge on any atom is -0.493 e. The number of tetrazole rings is 1. The highest BCUT2D eigenvalue weighted by molar-refractivity contribution is 5.46. The van der Waals surface area contributed by atoms with Gasteiger partial charge in [-0.05, 0) is 40.6 Å². The highest BCUT2D eigenvalue weighted by Crippen LogP contribution is 2.39. The molecular weight excluding hydrogens is 337 g/mol. The third-order valence-corrected chi connectivity index (χ3v) is 4.62. The van der Waals surface area contributed by atoms with E-state index in [9.17, 15) is 4.39 Å². The van der Waals surface area contributed by atoms with Crippen LogP contribution < -0.4 is 14.8 Å². The van der Waals surface area contributed by atoms with Crippen molar-refractivity contribution in [1.29, 1.82) is 0 Å². The molecule has 0 spiro atoms. The van der Waals surface area contributed by atoms with Gasteiger partial charge in [-0.15, -0.1) is 0 Å². The summed E-state index contributed by atoms with van der Waals surface area (Å²) in [6.45, 7) is 0. The van der Waals surface area contributed by atoms with E-state index in [2.05, 4.69) is 20.8 Å². The molecule has 0 bridgehead atoms. The summed E-state index contributed by atoms with van der Waals surface area (Å²) in [5.41, 5.74) is 1.55. The van der Waals surface area contributed by atoms with E-state index < -0.39 is 0 Å². The zero-order chi connectivity index (χ0) is 18.1. The number of fused-ring (bicyclic) bond motifs is 1. The van der Waals surface area contributed by atoms with Crippen LogP contribution in [0.4, 0.5) is 10.3 Å². The molecule has 2 heterocycles. The first-order valence-electron chi connectivity index (χ1n) is 8.22. The number of nitrogens with one attached hydrogen (secondary N) is 1. The van der Waals surface area contributed by atoms with Crippen molar-refractivity contribution in [3.8, 4) is 11.5 Å². The van der Waals surface area contributed by atoms with E-state index in [4.69, 9.17) is 9.47 Å². The third-order valence-electron chi connectivity index (χ3n) is 4.62. The lowest BCUT2D eigenvalue weighted by atomic mass is 9.93. The Hall–Kier alpha value is -3.16. The second-order valence-corrected chi connectivity index (χ2v) is 6.03. The molecule has 0 radical (unpaired) electrons. The Morgan fingerprint density at radius 1 is 1.12 bits per heavy atom. The number of hydrogen-bond donors (Lipinski definition) is 1. The number of nitrogens with zero attached hydrogens (tertiary/aromatic N) is 4. The molecule has 0 saturated heterocycles. The van der Waals surface area contributed by atoms with Gasteiger partial charge in [-0.2, -0.15) is 0 Å². The molecule has 7 nitrogen and oxygen atoms in total. The molecule has 26 heavy (non-hydrogen) atoms. The summed E-state index contributed by atoms with van der Waals surface area (Å²) in [5, 5.41) is 15.1. The van der Waals surface area contributed by atoms with E-state index in [0.717, 1.165) is 5.56 Å². The lowest BCUT2D eigenvalue weighted by Gasteiger charge is -2.31. The Labute approximate surface area is 149 Å². The van der Waals surface area contributed by atoms with Gasteiger partial charge >= 0.3 is 0 Å². The standard InChI is InChI=1S/C18H18FN5O2/c1-25-16-8-7-11(9-17(16)26-2)14-10-15(12-5-3-4-6-13(12)19)24-18(20-14)21-22-23-24/h3-9,14-15H,10H2,1-2H3,(H,20,21,23)/t14-,15-/m0/s1. The first-order chi connectivity index (χ1) is 12.7. The largest absolute Gasteiger partial charge is 0.493 e. The van der Waals surface area contributed by atoms with Crippen molar-refractivity contribution in [2.75, 3.05) is 19.5 Å². The molecule has 1 N–H and O–H groups in total. The molecule has 8 heteroatoms. The van der Waals surface area contributed by atoms with Gasteiger partial charge in [0.1, 0.15) is 5.82 Å². The smallest absolute Gasteiger partial charge is 0.243 e. The normalized spacial score (nSPS) is 18.7. The highest BCUT2D eigenvalue weighted by Gasteiger charge is 2.32. The molecule has 3 aromatic rings. The van der Waals surface area contributed by atoms with Crippen LogP contribution in [0.15, 0.2) is 42.5 Å². The predicted molar refractivity (Wildman–Crippen MR) is 92.9 cm³/mol. The van der Waals surface area contributed by atoms with Crippen molar-refractivity contribution in [3.05, 3.63) is 59.4 Å². The molecule has 0 unspecified atom stereocenters. The van der Waals surface area contributed by atoms with Gasteiger partial charge in [0, 0.05) is 5.56 Å². The topological polar surface area (TPSA) is 74.1 Å². The van der Waals surface area contributed by atoms with Crippen molar-refractivity contribution in [3.63, 3.8) is 0 Å². The average Bonchev–Trinajstić information content (AvgIpc) is 3.16. The van der Waals surface area contributed by atoms with Crippen LogP contribution in [0.3, 0.4) is 0 Å². The zero-order valence-corrected chi connectivity index (χ0v) is 14.4. The average molecular weight is 355 g/mol. The minimum absolute atomic E-state index is 0.0992. The molecule has 1 aromatic heterocycles. The van der Waals surface area contributed by atoms with Crippen LogP contribution in [-0.4, -0.2) is 34.4 Å². The summed E-state index contributed by atoms with van der Waals surface area (Å²) in [4.78, 5) is 0. The van der Waals surface area contributed by atoms with Crippen LogP contribution in [0.1, 0.15) is 29.6 Å². The number of ether oxygens (including phenoxy) is 2. The quantitative estimate of drug-likeness (QED) is 0.776. The number of rotatable bonds is 4. The summed E-state index contributed by atoms with van der Waals surface area (Å²) in [5.74, 6) is 1.53. The van der Waals surface area contributed by atoms with Crippen LogP contribution in [-0.2, 0) is 0 Å². The van der Waals surface area contributed by atoms with Crippen molar-refractivity contribution >= 4 is 5.95 Å². The van der Waals surface area contributed by atoms with Crippen molar-refractivity contribution in [2.45, 2.75) is 18.5 Å². The van der Waals surface area contributed by atoms with Crippen LogP contribution in [0, 0.1) is 5.82 Å². The maximum absolute atomic E-state index is 14.4. The number of methoxy groups -OCH3 is 2. The first kappa shape index (κ1) is 16.3. The fraction of sp³-hybridized carbons (Fsp3) is 0.278. The van der Waals surface area contributed by atoms with Gasteiger partial charge < -0.3 is 14.8 Å². The molecule has 1 aliphatic rings. The molecule has 1 aliphatic heterocycles. The van der Waals surface area contributed by atoms with E-state index in [0.29, 0.717) is 29.4 Å². The van der Waals surface area contributed by atoms with Gasteiger partial charge in [0.2, 0.25) is 5.95 Å². The molecule has 0 aliphatic carbocycles. The highest BCUT2D eigenvalue weighted by atomic mass is 19.1. The van der Waals surface area contributed by atoms with E-state index in [1.807, 2.05) is 24.3 Å². The number of benzene rings is 2. The lowest BCUT2D eigenvalue weighted by Crippen LogP contribution is -2.28. The van der Waals surface area contributed by atoms with E-state index in [1.165, 1.54) is 6.07 Å². The maximum atomic E-state index is 14.4. The van der Waals surface area contributed by atoms with Crippen molar-refractivity contribution in [1.82, 2.24) is 20.2 Å². The van der Waals surface area contributed by atoms with E-state index >= 15 is 0 Å². The molecule has 0 saturated carbocycles. The summed E-state index contributed by atoms with van der Waals surface area (Å²) < 4.78 is 26.7. The van der Waals surface area contributed by atoms with Gasteiger partial charge in [0.15, 0.2) is 11.5 Å². The predicted octanol–water partition coefficient (Wildman–Crippen LogP) is 2.98. The maximum Gasteiger partial charge on any atom is 0.243 e. The molecule has 2 atom stereocenters. The summed E-state index contributed by atoms with van der Waals surface area (Å²) in [6, 6.07) is 12.0. The molecule has 134 valence electrons. The van der Waals surface area contributed by atoms with Gasteiger partial charge in [0.25, 0.3) is 0 Å². The van der Waals surface area contributed by atoms with E-state index in [1.54, 1.807) is 31.0 Å².